The van der Waals surface area contributed by atoms with E-state index in [-0.39, 0.29) is 21.8 Å². The number of hydrogen-bond donors (Lipinski definition) is 0. The SMILES string of the molecule is CC(C)(C)[Si](C)(C)Oc1ccc(C2CCc3cc(O[Si](C)(C)C(C)(C)C)ccc3C2=O)cc1. The Morgan fingerprint density at radius 2 is 1.24 bits per heavy atom. The summed E-state index contributed by atoms with van der Waals surface area (Å²) in [5.74, 6) is 1.93. The molecular weight excluding hydrogens is 440 g/mol. The molecule has 33 heavy (non-hydrogen) atoms. The summed E-state index contributed by atoms with van der Waals surface area (Å²) in [5, 5.41) is 0.298. The quantitative estimate of drug-likeness (QED) is 0.401. The molecule has 0 bridgehead atoms. The van der Waals surface area contributed by atoms with Gasteiger partial charge >= 0.3 is 0 Å². The molecule has 2 aromatic rings. The summed E-state index contributed by atoms with van der Waals surface area (Å²) in [7, 11) is -3.78. The van der Waals surface area contributed by atoms with E-state index in [1.165, 1.54) is 0 Å². The van der Waals surface area contributed by atoms with Crippen LogP contribution < -0.4 is 8.85 Å². The largest absolute Gasteiger partial charge is 0.544 e. The average molecular weight is 483 g/mol. The van der Waals surface area contributed by atoms with Crippen LogP contribution in [-0.2, 0) is 6.42 Å². The Balaban J connectivity index is 1.76. The monoisotopic (exact) mass is 482 g/mol. The molecule has 0 aromatic heterocycles. The summed E-state index contributed by atoms with van der Waals surface area (Å²) in [6.07, 6.45) is 1.72. The number of aryl methyl sites for hydroxylation is 1. The molecule has 1 aliphatic rings. The van der Waals surface area contributed by atoms with Gasteiger partial charge in [0.05, 0.1) is 0 Å². The van der Waals surface area contributed by atoms with Crippen LogP contribution in [0.4, 0.5) is 0 Å². The molecule has 0 fully saturated rings. The molecule has 0 aliphatic heterocycles. The summed E-state index contributed by atoms with van der Waals surface area (Å²) >= 11 is 0. The lowest BCUT2D eigenvalue weighted by Crippen LogP contribution is -2.43. The molecular formula is C28H42O3Si2. The second kappa shape index (κ2) is 8.73. The first-order chi connectivity index (χ1) is 15.0. The fourth-order valence-electron chi connectivity index (χ4n) is 3.68. The van der Waals surface area contributed by atoms with Crippen LogP contribution in [0.5, 0.6) is 11.5 Å². The standard InChI is InChI=1S/C28H42O3Si2/c1-27(2,3)32(7,8)30-22-14-11-20(12-15-22)24-17-13-21-19-23(16-18-25(21)26(24)29)31-33(9,10)28(4,5)6/h11-12,14-16,18-19,24H,13,17H2,1-10H3. The van der Waals surface area contributed by atoms with Gasteiger partial charge in [0.2, 0.25) is 16.6 Å². The van der Waals surface area contributed by atoms with Crippen molar-refractivity contribution in [2.24, 2.45) is 0 Å². The van der Waals surface area contributed by atoms with Gasteiger partial charge in [0.25, 0.3) is 0 Å². The molecule has 0 saturated heterocycles. The fraction of sp³-hybridized carbons (Fsp3) is 0.536. The van der Waals surface area contributed by atoms with Gasteiger partial charge in [-0.15, -0.1) is 0 Å². The molecule has 0 radical (unpaired) electrons. The zero-order chi connectivity index (χ0) is 24.8. The van der Waals surface area contributed by atoms with E-state index in [1.807, 2.05) is 24.3 Å². The topological polar surface area (TPSA) is 35.5 Å². The molecule has 1 atom stereocenters. The van der Waals surface area contributed by atoms with E-state index in [2.05, 4.69) is 85.9 Å². The van der Waals surface area contributed by atoms with E-state index < -0.39 is 16.6 Å². The Labute approximate surface area is 203 Å². The number of carbonyl (C=O) groups is 1. The molecule has 0 heterocycles. The normalized spacial score (nSPS) is 17.5. The van der Waals surface area contributed by atoms with Crippen LogP contribution in [0.1, 0.15) is 75.4 Å². The Hall–Kier alpha value is -1.86. The van der Waals surface area contributed by atoms with Gasteiger partial charge in [0, 0.05) is 11.5 Å². The highest BCUT2D eigenvalue weighted by Gasteiger charge is 2.40. The molecule has 5 heteroatoms. The van der Waals surface area contributed by atoms with Gasteiger partial charge in [-0.1, -0.05) is 53.7 Å². The van der Waals surface area contributed by atoms with Crippen molar-refractivity contribution in [3.63, 3.8) is 0 Å². The Bertz CT molecular complexity index is 1010. The van der Waals surface area contributed by atoms with Gasteiger partial charge in [-0.2, -0.15) is 0 Å². The van der Waals surface area contributed by atoms with Crippen molar-refractivity contribution in [3.8, 4) is 11.5 Å². The van der Waals surface area contributed by atoms with Crippen molar-refractivity contribution < 1.29 is 13.6 Å². The van der Waals surface area contributed by atoms with Crippen LogP contribution in [0.15, 0.2) is 42.5 Å². The second-order valence-electron chi connectivity index (χ2n) is 12.6. The molecule has 0 spiro atoms. The van der Waals surface area contributed by atoms with Gasteiger partial charge in [-0.3, -0.25) is 4.79 Å². The maximum absolute atomic E-state index is 13.4. The molecule has 0 saturated carbocycles. The minimum Gasteiger partial charge on any atom is -0.544 e. The maximum atomic E-state index is 13.4. The number of carbonyl (C=O) groups excluding carboxylic acids is 1. The highest BCUT2D eigenvalue weighted by atomic mass is 28.4. The Kier molecular flexibility index (Phi) is 6.82. The minimum atomic E-state index is -1.90. The van der Waals surface area contributed by atoms with Crippen molar-refractivity contribution in [2.45, 2.75) is 96.6 Å². The van der Waals surface area contributed by atoms with Crippen molar-refractivity contribution in [1.29, 1.82) is 0 Å². The van der Waals surface area contributed by atoms with Crippen molar-refractivity contribution >= 4 is 22.4 Å². The van der Waals surface area contributed by atoms with Gasteiger partial charge in [-0.05, 0) is 90.6 Å². The Morgan fingerprint density at radius 1 is 0.758 bits per heavy atom. The number of fused-ring (bicyclic) bond motifs is 1. The summed E-state index contributed by atoms with van der Waals surface area (Å²) < 4.78 is 12.9. The first-order valence-electron chi connectivity index (χ1n) is 12.2. The molecule has 1 aliphatic carbocycles. The average Bonchev–Trinajstić information content (AvgIpc) is 2.67. The summed E-state index contributed by atoms with van der Waals surface area (Å²) in [6.45, 7) is 22.5. The molecule has 3 nitrogen and oxygen atoms in total. The van der Waals surface area contributed by atoms with E-state index >= 15 is 0 Å². The molecule has 1 unspecified atom stereocenters. The maximum Gasteiger partial charge on any atom is 0.250 e. The van der Waals surface area contributed by atoms with Crippen LogP contribution in [0.3, 0.4) is 0 Å². The second-order valence-corrected chi connectivity index (χ2v) is 22.0. The van der Waals surface area contributed by atoms with E-state index in [0.29, 0.717) is 0 Å². The zero-order valence-electron chi connectivity index (χ0n) is 22.3. The number of Topliss-reactive ketones (excluding diaryl/α,β-unsaturated/α-hetero) is 1. The van der Waals surface area contributed by atoms with E-state index in [9.17, 15) is 4.79 Å². The number of rotatable bonds is 5. The smallest absolute Gasteiger partial charge is 0.250 e. The number of benzene rings is 2. The van der Waals surface area contributed by atoms with E-state index in [0.717, 1.165) is 41.0 Å². The van der Waals surface area contributed by atoms with Gasteiger partial charge in [0.15, 0.2) is 5.78 Å². The lowest BCUT2D eigenvalue weighted by atomic mass is 9.79. The molecule has 0 N–H and O–H groups in total. The lowest BCUT2D eigenvalue weighted by molar-refractivity contribution is 0.0946. The third-order valence-electron chi connectivity index (χ3n) is 8.00. The summed E-state index contributed by atoms with van der Waals surface area (Å²) in [6, 6.07) is 14.3. The third-order valence-corrected chi connectivity index (χ3v) is 16.7. The summed E-state index contributed by atoms with van der Waals surface area (Å²) in [4.78, 5) is 13.4. The molecule has 2 aromatic carbocycles. The first kappa shape index (κ1) is 25.8. The summed E-state index contributed by atoms with van der Waals surface area (Å²) in [5.41, 5.74) is 3.04. The number of hydrogen-bond acceptors (Lipinski definition) is 3. The van der Waals surface area contributed by atoms with Gasteiger partial charge < -0.3 is 8.85 Å². The van der Waals surface area contributed by atoms with E-state index in [1.54, 1.807) is 0 Å². The molecule has 3 rings (SSSR count). The first-order valence-corrected chi connectivity index (χ1v) is 18.0. The van der Waals surface area contributed by atoms with E-state index in [4.69, 9.17) is 8.85 Å². The van der Waals surface area contributed by atoms with Crippen LogP contribution >= 0.6 is 0 Å². The predicted octanol–water partition coefficient (Wildman–Crippen LogP) is 8.37. The highest BCUT2D eigenvalue weighted by molar-refractivity contribution is 6.75. The number of ketones is 1. The molecule has 0 amide bonds. The van der Waals surface area contributed by atoms with Crippen LogP contribution in [-0.4, -0.2) is 22.4 Å². The van der Waals surface area contributed by atoms with Crippen LogP contribution in [0.2, 0.25) is 36.3 Å². The predicted molar refractivity (Wildman–Crippen MR) is 144 cm³/mol. The third kappa shape index (κ3) is 5.46. The van der Waals surface area contributed by atoms with Crippen molar-refractivity contribution in [1.82, 2.24) is 0 Å². The van der Waals surface area contributed by atoms with Gasteiger partial charge in [0.1, 0.15) is 11.5 Å². The van der Waals surface area contributed by atoms with Gasteiger partial charge in [-0.25, -0.2) is 0 Å². The van der Waals surface area contributed by atoms with Crippen LogP contribution in [0.25, 0.3) is 0 Å². The minimum absolute atomic E-state index is 0.0911. The lowest BCUT2D eigenvalue weighted by Gasteiger charge is -2.37. The Morgan fingerprint density at radius 3 is 1.76 bits per heavy atom. The molecule has 180 valence electrons. The zero-order valence-corrected chi connectivity index (χ0v) is 24.3. The van der Waals surface area contributed by atoms with Crippen molar-refractivity contribution in [2.75, 3.05) is 0 Å². The highest BCUT2D eigenvalue weighted by Crippen LogP contribution is 2.40. The fourth-order valence-corrected chi connectivity index (χ4v) is 5.74. The van der Waals surface area contributed by atoms with Crippen LogP contribution in [0, 0.1) is 0 Å². The van der Waals surface area contributed by atoms with Crippen molar-refractivity contribution in [3.05, 3.63) is 59.2 Å².